The van der Waals surface area contributed by atoms with Crippen molar-refractivity contribution in [1.29, 1.82) is 0 Å². The van der Waals surface area contributed by atoms with Crippen LogP contribution in [0.25, 0.3) is 5.70 Å². The van der Waals surface area contributed by atoms with E-state index in [1.165, 1.54) is 0 Å². The Labute approximate surface area is 137 Å². The lowest BCUT2D eigenvalue weighted by Gasteiger charge is -2.23. The Morgan fingerprint density at radius 2 is 1.61 bits per heavy atom. The van der Waals surface area contributed by atoms with E-state index in [-0.39, 0.29) is 0 Å². The number of hydrogen-bond donors (Lipinski definition) is 1. The highest BCUT2D eigenvalue weighted by Crippen LogP contribution is 2.19. The van der Waals surface area contributed by atoms with Gasteiger partial charge in [0.15, 0.2) is 0 Å². The van der Waals surface area contributed by atoms with Gasteiger partial charge in [0, 0.05) is 13.6 Å². The quantitative estimate of drug-likeness (QED) is 0.658. The number of rotatable bonds is 6. The first kappa shape index (κ1) is 16.6. The maximum Gasteiger partial charge on any atom is 0.356 e. The Kier molecular flexibility index (Phi) is 5.80. The molecule has 2 N–H and O–H groups in total. The summed E-state index contributed by atoms with van der Waals surface area (Å²) in [4.78, 5) is 14.2. The number of benzene rings is 2. The van der Waals surface area contributed by atoms with Crippen LogP contribution in [0, 0.1) is 0 Å². The monoisotopic (exact) mass is 310 g/mol. The molecule has 0 bridgehead atoms. The molecule has 0 unspecified atom stereocenters. The van der Waals surface area contributed by atoms with E-state index >= 15 is 0 Å². The summed E-state index contributed by atoms with van der Waals surface area (Å²) in [5.41, 5.74) is 8.95. The molecule has 0 aliphatic rings. The van der Waals surface area contributed by atoms with Crippen LogP contribution in [0.2, 0.25) is 0 Å². The van der Waals surface area contributed by atoms with Crippen molar-refractivity contribution in [3.63, 3.8) is 0 Å². The van der Waals surface area contributed by atoms with Crippen molar-refractivity contribution < 1.29 is 9.53 Å². The molecule has 0 radical (unpaired) electrons. The number of carbonyl (C=O) groups excluding carboxylic acids is 1. The van der Waals surface area contributed by atoms with Gasteiger partial charge in [-0.15, -0.1) is 0 Å². The molecule has 4 nitrogen and oxygen atoms in total. The molecule has 0 spiro atoms. The van der Waals surface area contributed by atoms with Gasteiger partial charge in [-0.3, -0.25) is 0 Å². The first-order chi connectivity index (χ1) is 11.1. The summed E-state index contributed by atoms with van der Waals surface area (Å²) in [7, 11) is 1.84. The lowest BCUT2D eigenvalue weighted by atomic mass is 10.1. The van der Waals surface area contributed by atoms with Crippen LogP contribution in [0.1, 0.15) is 18.1 Å². The van der Waals surface area contributed by atoms with Gasteiger partial charge in [0.25, 0.3) is 0 Å². The fourth-order valence-corrected chi connectivity index (χ4v) is 2.36. The number of nitrogens with zero attached hydrogens (tertiary/aromatic N) is 1. The summed E-state index contributed by atoms with van der Waals surface area (Å²) >= 11 is 0. The molecule has 0 saturated carbocycles. The van der Waals surface area contributed by atoms with Gasteiger partial charge < -0.3 is 15.4 Å². The van der Waals surface area contributed by atoms with E-state index < -0.39 is 5.97 Å². The lowest BCUT2D eigenvalue weighted by molar-refractivity contribution is -0.140. The molecular weight excluding hydrogens is 288 g/mol. The van der Waals surface area contributed by atoms with Crippen molar-refractivity contribution in [3.8, 4) is 0 Å². The number of likely N-dealkylation sites (N-methyl/N-ethyl adjacent to an activating group) is 1. The summed E-state index contributed by atoms with van der Waals surface area (Å²) < 4.78 is 5.19. The van der Waals surface area contributed by atoms with E-state index in [1.807, 2.05) is 72.6 Å². The van der Waals surface area contributed by atoms with Crippen LogP contribution >= 0.6 is 0 Å². The van der Waals surface area contributed by atoms with E-state index in [2.05, 4.69) is 0 Å². The van der Waals surface area contributed by atoms with E-state index in [4.69, 9.17) is 10.5 Å². The summed E-state index contributed by atoms with van der Waals surface area (Å²) in [5.74, 6) is -0.410. The normalized spacial score (nSPS) is 11.6. The maximum atomic E-state index is 12.4. The van der Waals surface area contributed by atoms with Crippen LogP contribution < -0.4 is 5.73 Å². The number of esters is 1. The number of hydrogen-bond acceptors (Lipinski definition) is 4. The van der Waals surface area contributed by atoms with Crippen LogP contribution in [0.15, 0.2) is 66.4 Å². The third-order valence-electron chi connectivity index (χ3n) is 3.45. The highest BCUT2D eigenvalue weighted by Gasteiger charge is 2.20. The molecule has 0 aromatic heterocycles. The Morgan fingerprint density at radius 3 is 2.17 bits per heavy atom. The summed E-state index contributed by atoms with van der Waals surface area (Å²) in [6.45, 7) is 2.66. The minimum absolute atomic E-state index is 0.309. The zero-order valence-electron chi connectivity index (χ0n) is 13.5. The molecule has 0 aliphatic heterocycles. The molecule has 2 aromatic rings. The summed E-state index contributed by atoms with van der Waals surface area (Å²) in [6.07, 6.45) is 0. The summed E-state index contributed by atoms with van der Waals surface area (Å²) in [5, 5.41) is 0. The Morgan fingerprint density at radius 1 is 1.04 bits per heavy atom. The third-order valence-corrected chi connectivity index (χ3v) is 3.45. The predicted molar refractivity (Wildman–Crippen MR) is 92.1 cm³/mol. The second-order valence-corrected chi connectivity index (χ2v) is 5.19. The second-order valence-electron chi connectivity index (χ2n) is 5.19. The van der Waals surface area contributed by atoms with Gasteiger partial charge in [-0.2, -0.15) is 0 Å². The standard InChI is InChI=1S/C19H22N2O2/c1-3-23-19(22)18(17(20)16-12-8-5-9-13-16)21(2)14-15-10-6-4-7-11-15/h4-13H,3,14,20H2,1-2H3. The fourth-order valence-electron chi connectivity index (χ4n) is 2.36. The second kappa shape index (κ2) is 8.03. The molecule has 0 heterocycles. The highest BCUT2D eigenvalue weighted by molar-refractivity contribution is 5.96. The first-order valence-electron chi connectivity index (χ1n) is 7.60. The molecule has 2 aromatic carbocycles. The molecule has 2 rings (SSSR count). The first-order valence-corrected chi connectivity index (χ1v) is 7.60. The van der Waals surface area contributed by atoms with E-state index in [9.17, 15) is 4.79 Å². The average molecular weight is 310 g/mol. The van der Waals surface area contributed by atoms with Crippen molar-refractivity contribution in [2.75, 3.05) is 13.7 Å². The van der Waals surface area contributed by atoms with Crippen molar-refractivity contribution in [2.45, 2.75) is 13.5 Å². The van der Waals surface area contributed by atoms with Crippen molar-refractivity contribution in [3.05, 3.63) is 77.5 Å². The van der Waals surface area contributed by atoms with Gasteiger partial charge in [0.05, 0.1) is 12.3 Å². The van der Waals surface area contributed by atoms with Crippen LogP contribution in [0.5, 0.6) is 0 Å². The van der Waals surface area contributed by atoms with Gasteiger partial charge in [-0.1, -0.05) is 60.7 Å². The largest absolute Gasteiger partial charge is 0.461 e. The number of ether oxygens (including phenoxy) is 1. The molecule has 0 amide bonds. The van der Waals surface area contributed by atoms with Crippen molar-refractivity contribution in [2.24, 2.45) is 5.73 Å². The van der Waals surface area contributed by atoms with Crippen molar-refractivity contribution in [1.82, 2.24) is 4.90 Å². The van der Waals surface area contributed by atoms with E-state index in [0.717, 1.165) is 11.1 Å². The maximum absolute atomic E-state index is 12.4. The predicted octanol–water partition coefficient (Wildman–Crippen LogP) is 3.01. The lowest BCUT2D eigenvalue weighted by Crippen LogP contribution is -2.28. The Balaban J connectivity index is 2.36. The SMILES string of the molecule is CCOC(=O)C(=C(N)c1ccccc1)N(C)Cc1ccccc1. The molecule has 0 aliphatic carbocycles. The van der Waals surface area contributed by atoms with Gasteiger partial charge in [-0.25, -0.2) is 4.79 Å². The van der Waals surface area contributed by atoms with Gasteiger partial charge in [0.1, 0.15) is 5.70 Å². The molecule has 0 fully saturated rings. The zero-order chi connectivity index (χ0) is 16.7. The molecular formula is C19H22N2O2. The zero-order valence-corrected chi connectivity index (χ0v) is 13.5. The number of nitrogens with two attached hydrogens (primary N) is 1. The van der Waals surface area contributed by atoms with Crippen LogP contribution in [0.4, 0.5) is 0 Å². The number of carbonyl (C=O) groups is 1. The highest BCUT2D eigenvalue weighted by atomic mass is 16.5. The molecule has 120 valence electrons. The Bertz CT molecular complexity index is 666. The molecule has 23 heavy (non-hydrogen) atoms. The molecule has 0 saturated heterocycles. The van der Waals surface area contributed by atoms with E-state index in [1.54, 1.807) is 6.92 Å². The van der Waals surface area contributed by atoms with Gasteiger partial charge in [0.2, 0.25) is 0 Å². The smallest absolute Gasteiger partial charge is 0.356 e. The summed E-state index contributed by atoms with van der Waals surface area (Å²) in [6, 6.07) is 19.4. The third kappa shape index (κ3) is 4.36. The van der Waals surface area contributed by atoms with Crippen molar-refractivity contribution >= 4 is 11.7 Å². The van der Waals surface area contributed by atoms with Crippen LogP contribution in [0.3, 0.4) is 0 Å². The van der Waals surface area contributed by atoms with Crippen LogP contribution in [-0.4, -0.2) is 24.5 Å². The van der Waals surface area contributed by atoms with Gasteiger partial charge in [-0.05, 0) is 18.1 Å². The molecule has 0 atom stereocenters. The fraction of sp³-hybridized carbons (Fsp3) is 0.211. The van der Waals surface area contributed by atoms with E-state index in [0.29, 0.717) is 24.5 Å². The van der Waals surface area contributed by atoms with Gasteiger partial charge >= 0.3 is 5.97 Å². The minimum Gasteiger partial charge on any atom is -0.461 e. The topological polar surface area (TPSA) is 55.6 Å². The minimum atomic E-state index is -0.410. The average Bonchev–Trinajstić information content (AvgIpc) is 2.57. The molecule has 4 heteroatoms. The van der Waals surface area contributed by atoms with Crippen LogP contribution in [-0.2, 0) is 16.1 Å². The Hall–Kier alpha value is -2.75.